The molecule has 3 rings (SSSR count). The number of pyridine rings is 1. The van der Waals surface area contributed by atoms with Crippen molar-refractivity contribution in [1.82, 2.24) is 14.6 Å². The lowest BCUT2D eigenvalue weighted by molar-refractivity contribution is 0.0600. The second-order valence-corrected chi connectivity index (χ2v) is 4.95. The second kappa shape index (κ2) is 5.54. The van der Waals surface area contributed by atoms with Crippen LogP contribution in [0.1, 0.15) is 21.7 Å². The van der Waals surface area contributed by atoms with Gasteiger partial charge in [-0.15, -0.1) is 10.2 Å². The summed E-state index contributed by atoms with van der Waals surface area (Å²) in [6.45, 7) is 0. The molecule has 0 aliphatic carbocycles. The minimum Gasteiger partial charge on any atom is -0.465 e. The van der Waals surface area contributed by atoms with E-state index in [0.717, 1.165) is 5.56 Å². The van der Waals surface area contributed by atoms with E-state index in [1.165, 1.54) is 13.2 Å². The number of esters is 1. The van der Waals surface area contributed by atoms with Crippen molar-refractivity contribution in [2.24, 2.45) is 0 Å². The highest BCUT2D eigenvalue weighted by atomic mass is 35.5. The number of benzene rings is 1. The Morgan fingerprint density at radius 2 is 2.05 bits per heavy atom. The molecule has 0 unspecified atom stereocenters. The zero-order valence-corrected chi connectivity index (χ0v) is 12.0. The number of methoxy groups -OCH3 is 1. The molecule has 0 aliphatic rings. The average Bonchev–Trinajstić information content (AvgIpc) is 2.91. The van der Waals surface area contributed by atoms with Gasteiger partial charge in [-0.2, -0.15) is 0 Å². The van der Waals surface area contributed by atoms with Gasteiger partial charge >= 0.3 is 5.97 Å². The minimum atomic E-state index is -0.446. The molecule has 106 valence electrons. The lowest BCUT2D eigenvalue weighted by atomic mass is 10.1. The third-order valence-corrected chi connectivity index (χ3v) is 3.43. The predicted molar refractivity (Wildman–Crippen MR) is 78.6 cm³/mol. The van der Waals surface area contributed by atoms with E-state index in [1.807, 2.05) is 30.3 Å². The lowest BCUT2D eigenvalue weighted by Crippen LogP contribution is -2.05. The highest BCUT2D eigenvalue weighted by molar-refractivity contribution is 6.33. The van der Waals surface area contributed by atoms with Crippen molar-refractivity contribution in [3.05, 3.63) is 64.6 Å². The van der Waals surface area contributed by atoms with Crippen molar-refractivity contribution in [2.75, 3.05) is 7.11 Å². The van der Waals surface area contributed by atoms with Gasteiger partial charge in [0.25, 0.3) is 0 Å². The molecule has 0 N–H and O–H groups in total. The molecule has 6 heteroatoms. The number of carbonyl (C=O) groups excluding carboxylic acids is 1. The minimum absolute atomic E-state index is 0.365. The van der Waals surface area contributed by atoms with Crippen molar-refractivity contribution >= 4 is 23.2 Å². The van der Waals surface area contributed by atoms with E-state index < -0.39 is 5.97 Å². The molecule has 0 atom stereocenters. The topological polar surface area (TPSA) is 56.5 Å². The molecule has 0 aliphatic heterocycles. The van der Waals surface area contributed by atoms with Crippen molar-refractivity contribution < 1.29 is 9.53 Å². The van der Waals surface area contributed by atoms with Gasteiger partial charge in [-0.1, -0.05) is 41.9 Å². The zero-order chi connectivity index (χ0) is 14.8. The van der Waals surface area contributed by atoms with Crippen LogP contribution < -0.4 is 0 Å². The maximum atomic E-state index is 11.7. The molecule has 5 nitrogen and oxygen atoms in total. The molecule has 0 bridgehead atoms. The molecule has 0 amide bonds. The Balaban J connectivity index is 2.07. The van der Waals surface area contributed by atoms with Crippen LogP contribution >= 0.6 is 11.6 Å². The maximum absolute atomic E-state index is 11.7. The summed E-state index contributed by atoms with van der Waals surface area (Å²) in [5, 5.41) is 8.59. The van der Waals surface area contributed by atoms with Gasteiger partial charge in [0.15, 0.2) is 5.65 Å². The van der Waals surface area contributed by atoms with Crippen LogP contribution in [-0.4, -0.2) is 27.7 Å². The number of aromatic nitrogens is 3. The van der Waals surface area contributed by atoms with Crippen molar-refractivity contribution in [3.8, 4) is 0 Å². The van der Waals surface area contributed by atoms with Gasteiger partial charge < -0.3 is 4.74 Å². The lowest BCUT2D eigenvalue weighted by Gasteiger charge is -2.04. The van der Waals surface area contributed by atoms with Crippen LogP contribution in [-0.2, 0) is 11.2 Å². The van der Waals surface area contributed by atoms with Crippen LogP contribution in [0.2, 0.25) is 5.02 Å². The Morgan fingerprint density at radius 1 is 1.29 bits per heavy atom. The fraction of sp³-hybridized carbons (Fsp3) is 0.133. The molecular formula is C15H12ClN3O2. The summed E-state index contributed by atoms with van der Waals surface area (Å²) < 4.78 is 6.45. The molecule has 0 fully saturated rings. The van der Waals surface area contributed by atoms with Gasteiger partial charge in [-0.3, -0.25) is 4.40 Å². The van der Waals surface area contributed by atoms with E-state index in [4.69, 9.17) is 16.3 Å². The summed E-state index contributed by atoms with van der Waals surface area (Å²) in [7, 11) is 1.33. The van der Waals surface area contributed by atoms with E-state index >= 15 is 0 Å². The third-order valence-electron chi connectivity index (χ3n) is 3.16. The summed E-state index contributed by atoms with van der Waals surface area (Å²) in [6, 6.07) is 11.4. The van der Waals surface area contributed by atoms with Crippen molar-refractivity contribution in [2.45, 2.75) is 6.42 Å². The molecule has 2 heterocycles. The monoisotopic (exact) mass is 301 g/mol. The first-order valence-electron chi connectivity index (χ1n) is 6.34. The number of ether oxygens (including phenoxy) is 1. The summed E-state index contributed by atoms with van der Waals surface area (Å²) in [4.78, 5) is 11.7. The summed E-state index contributed by atoms with van der Waals surface area (Å²) in [5.41, 5.74) is 1.99. The quantitative estimate of drug-likeness (QED) is 0.698. The molecule has 0 saturated carbocycles. The highest BCUT2D eigenvalue weighted by Gasteiger charge is 2.14. The number of carbonyl (C=O) groups is 1. The normalized spacial score (nSPS) is 10.8. The number of nitrogens with zero attached hydrogens (tertiary/aromatic N) is 3. The molecular weight excluding hydrogens is 290 g/mol. The van der Waals surface area contributed by atoms with Gasteiger partial charge in [0.1, 0.15) is 5.82 Å². The molecule has 2 aromatic heterocycles. The number of hydrogen-bond donors (Lipinski definition) is 0. The summed E-state index contributed by atoms with van der Waals surface area (Å²) >= 11 is 6.15. The summed E-state index contributed by atoms with van der Waals surface area (Å²) in [5.74, 6) is 0.266. The number of hydrogen-bond acceptors (Lipinski definition) is 4. The first-order chi connectivity index (χ1) is 10.2. The van der Waals surface area contributed by atoms with Gasteiger partial charge in [0, 0.05) is 12.6 Å². The molecule has 0 radical (unpaired) electrons. The molecule has 3 aromatic rings. The Morgan fingerprint density at radius 3 is 2.76 bits per heavy atom. The SMILES string of the molecule is COC(=O)c1cc(Cl)c2nnc(Cc3ccccc3)n2c1. The van der Waals surface area contributed by atoms with Crippen LogP contribution in [0.3, 0.4) is 0 Å². The van der Waals surface area contributed by atoms with Crippen molar-refractivity contribution in [1.29, 1.82) is 0 Å². The summed E-state index contributed by atoms with van der Waals surface area (Å²) in [6.07, 6.45) is 2.24. The Labute approximate surface area is 126 Å². The molecule has 21 heavy (non-hydrogen) atoms. The van der Waals surface area contributed by atoms with E-state index in [2.05, 4.69) is 10.2 Å². The van der Waals surface area contributed by atoms with Crippen molar-refractivity contribution in [3.63, 3.8) is 0 Å². The smallest absolute Gasteiger partial charge is 0.339 e. The number of rotatable bonds is 3. The Hall–Kier alpha value is -2.40. The zero-order valence-electron chi connectivity index (χ0n) is 11.3. The van der Waals surface area contributed by atoms with E-state index in [9.17, 15) is 4.79 Å². The molecule has 0 saturated heterocycles. The first kappa shape index (κ1) is 13.6. The van der Waals surface area contributed by atoms with E-state index in [-0.39, 0.29) is 0 Å². The maximum Gasteiger partial charge on any atom is 0.339 e. The fourth-order valence-electron chi connectivity index (χ4n) is 2.13. The third kappa shape index (κ3) is 2.60. The van der Waals surface area contributed by atoms with Gasteiger partial charge in [0.2, 0.25) is 0 Å². The molecule has 0 spiro atoms. The van der Waals surface area contributed by atoms with Gasteiger partial charge in [-0.05, 0) is 11.6 Å². The largest absolute Gasteiger partial charge is 0.465 e. The predicted octanol–water partition coefficient (Wildman–Crippen LogP) is 2.76. The van der Waals surface area contributed by atoms with Crippen LogP contribution in [0.15, 0.2) is 42.6 Å². The van der Waals surface area contributed by atoms with Gasteiger partial charge in [0.05, 0.1) is 17.7 Å². The van der Waals surface area contributed by atoms with Crippen LogP contribution in [0, 0.1) is 0 Å². The Kier molecular flexibility index (Phi) is 3.58. The average molecular weight is 302 g/mol. The van der Waals surface area contributed by atoms with E-state index in [0.29, 0.717) is 28.5 Å². The van der Waals surface area contributed by atoms with Crippen LogP contribution in [0.25, 0.3) is 5.65 Å². The number of fused-ring (bicyclic) bond motifs is 1. The fourth-order valence-corrected chi connectivity index (χ4v) is 2.37. The van der Waals surface area contributed by atoms with E-state index in [1.54, 1.807) is 10.6 Å². The Bertz CT molecular complexity index is 799. The highest BCUT2D eigenvalue weighted by Crippen LogP contribution is 2.20. The first-order valence-corrected chi connectivity index (χ1v) is 6.72. The van der Waals surface area contributed by atoms with Crippen LogP contribution in [0.5, 0.6) is 0 Å². The standard InChI is InChI=1S/C15H12ClN3O2/c1-21-15(20)11-8-12(16)14-18-17-13(19(14)9-11)7-10-5-3-2-4-6-10/h2-6,8-9H,7H2,1H3. The number of halogens is 1. The van der Waals surface area contributed by atoms with Crippen LogP contribution in [0.4, 0.5) is 0 Å². The second-order valence-electron chi connectivity index (χ2n) is 4.54. The molecule has 1 aromatic carbocycles. The van der Waals surface area contributed by atoms with Gasteiger partial charge in [-0.25, -0.2) is 4.79 Å².